The van der Waals surface area contributed by atoms with Gasteiger partial charge in [0.05, 0.1) is 11.7 Å². The number of oxazole rings is 1. The molecule has 0 saturated heterocycles. The van der Waals surface area contributed by atoms with Crippen LogP contribution in [0.1, 0.15) is 19.7 Å². The van der Waals surface area contributed by atoms with Gasteiger partial charge in [0.15, 0.2) is 0 Å². The van der Waals surface area contributed by atoms with Gasteiger partial charge in [0.1, 0.15) is 18.5 Å². The average molecular weight is 305 g/mol. The molecule has 0 aliphatic carbocycles. The first-order valence-electron chi connectivity index (χ1n) is 7.81. The molecule has 0 atom stereocenters. The smallest absolute Gasteiger partial charge is 0.215 e. The predicted octanol–water partition coefficient (Wildman–Crippen LogP) is 4.77. The average Bonchev–Trinajstić information content (AvgIpc) is 3.26. The van der Waals surface area contributed by atoms with Crippen LogP contribution in [0.3, 0.4) is 0 Å². The maximum absolute atomic E-state index is 5.33. The largest absolute Gasteiger partial charge is 0.447 e. The first-order valence-corrected chi connectivity index (χ1v) is 7.81. The highest BCUT2D eigenvalue weighted by Crippen LogP contribution is 2.27. The highest BCUT2D eigenvalue weighted by atomic mass is 16.3. The Bertz CT molecular complexity index is 864. The number of aromatic nitrogens is 3. The van der Waals surface area contributed by atoms with Crippen molar-refractivity contribution in [3.8, 4) is 11.3 Å². The Kier molecular flexibility index (Phi) is 4.52. The lowest BCUT2D eigenvalue weighted by atomic mass is 10.1. The van der Waals surface area contributed by atoms with Gasteiger partial charge in [-0.3, -0.25) is 4.68 Å². The zero-order chi connectivity index (χ0) is 16.1. The maximum atomic E-state index is 5.33. The minimum Gasteiger partial charge on any atom is -0.447 e. The Morgan fingerprint density at radius 3 is 2.43 bits per heavy atom. The van der Waals surface area contributed by atoms with Crippen molar-refractivity contribution in [1.29, 1.82) is 0 Å². The van der Waals surface area contributed by atoms with E-state index in [2.05, 4.69) is 29.2 Å². The van der Waals surface area contributed by atoms with Crippen molar-refractivity contribution in [2.75, 3.05) is 0 Å². The van der Waals surface area contributed by atoms with Crippen LogP contribution in [-0.2, 0) is 6.54 Å². The molecular formula is C19H19N3O. The summed E-state index contributed by atoms with van der Waals surface area (Å²) in [6.45, 7) is 4.53. The fraction of sp³-hybridized carbons (Fsp3) is 0.158. The minimum absolute atomic E-state index is 0.528. The molecule has 4 nitrogen and oxygen atoms in total. The number of rotatable bonds is 3. The normalized spacial score (nSPS) is 10.3. The first-order chi connectivity index (χ1) is 11.4. The van der Waals surface area contributed by atoms with Crippen LogP contribution in [-0.4, -0.2) is 14.8 Å². The van der Waals surface area contributed by atoms with Crippen molar-refractivity contribution in [2.24, 2.45) is 0 Å². The lowest BCUT2D eigenvalue weighted by molar-refractivity contribution is 0.470. The lowest BCUT2D eigenvalue weighted by Crippen LogP contribution is -2.01. The minimum atomic E-state index is 0.528. The number of hydrogen-bond acceptors (Lipinski definition) is 3. The van der Waals surface area contributed by atoms with Crippen LogP contribution in [0, 0.1) is 0 Å². The van der Waals surface area contributed by atoms with Crippen LogP contribution >= 0.6 is 0 Å². The molecule has 2 heterocycles. The number of fused-ring (bicyclic) bond motifs is 1. The molecule has 0 bridgehead atoms. The second kappa shape index (κ2) is 6.92. The molecule has 0 aliphatic rings. The second-order valence-corrected chi connectivity index (χ2v) is 4.82. The summed E-state index contributed by atoms with van der Waals surface area (Å²) in [5.41, 5.74) is 3.17. The number of hydrogen-bond donors (Lipinski definition) is 0. The van der Waals surface area contributed by atoms with E-state index in [-0.39, 0.29) is 0 Å². The number of nitrogens with zero attached hydrogens (tertiary/aromatic N) is 3. The van der Waals surface area contributed by atoms with Gasteiger partial charge in [-0.15, -0.1) is 0 Å². The zero-order valence-corrected chi connectivity index (χ0v) is 13.3. The molecule has 0 spiro atoms. The van der Waals surface area contributed by atoms with Crippen molar-refractivity contribution in [3.63, 3.8) is 0 Å². The van der Waals surface area contributed by atoms with Crippen LogP contribution < -0.4 is 0 Å². The van der Waals surface area contributed by atoms with Gasteiger partial charge in [0, 0.05) is 10.9 Å². The fourth-order valence-corrected chi connectivity index (χ4v) is 2.52. The summed E-state index contributed by atoms with van der Waals surface area (Å²) < 4.78 is 7.26. The Morgan fingerprint density at radius 1 is 0.957 bits per heavy atom. The summed E-state index contributed by atoms with van der Waals surface area (Å²) in [5.74, 6) is 0.655. The number of para-hydroxylation sites is 1. The fourth-order valence-electron chi connectivity index (χ4n) is 2.52. The van der Waals surface area contributed by atoms with Gasteiger partial charge in [-0.2, -0.15) is 5.10 Å². The molecular weight excluding hydrogens is 286 g/mol. The Hall–Kier alpha value is -2.88. The van der Waals surface area contributed by atoms with Crippen molar-refractivity contribution >= 4 is 10.9 Å². The zero-order valence-electron chi connectivity index (χ0n) is 13.3. The van der Waals surface area contributed by atoms with Crippen LogP contribution in [0.5, 0.6) is 0 Å². The van der Waals surface area contributed by atoms with E-state index >= 15 is 0 Å². The predicted molar refractivity (Wildman–Crippen MR) is 92.1 cm³/mol. The second-order valence-electron chi connectivity index (χ2n) is 4.82. The first kappa shape index (κ1) is 15.0. The standard InChI is InChI=1S/C17H13N3O.C2H6/c1-2-6-13(7-3-1)17-14-8-4-5-9-15(14)20(19-17)12-16-18-10-11-21-16;1-2/h1-11H,12H2;1-2H3. The summed E-state index contributed by atoms with van der Waals surface area (Å²) in [7, 11) is 0. The molecule has 0 unspecified atom stereocenters. The molecule has 4 rings (SSSR count). The van der Waals surface area contributed by atoms with Gasteiger partial charge in [-0.1, -0.05) is 62.4 Å². The van der Waals surface area contributed by atoms with Gasteiger partial charge in [-0.25, -0.2) is 4.98 Å². The summed E-state index contributed by atoms with van der Waals surface area (Å²) in [6, 6.07) is 18.4. The third-order valence-corrected chi connectivity index (χ3v) is 3.47. The van der Waals surface area contributed by atoms with Gasteiger partial charge >= 0.3 is 0 Å². The molecule has 0 N–H and O–H groups in total. The van der Waals surface area contributed by atoms with Gasteiger partial charge in [0.25, 0.3) is 0 Å². The highest BCUT2D eigenvalue weighted by Gasteiger charge is 2.12. The highest BCUT2D eigenvalue weighted by molar-refractivity contribution is 5.93. The topological polar surface area (TPSA) is 43.9 Å². The molecule has 0 fully saturated rings. The van der Waals surface area contributed by atoms with E-state index in [1.54, 1.807) is 12.5 Å². The molecule has 2 aromatic carbocycles. The number of benzene rings is 2. The van der Waals surface area contributed by atoms with E-state index in [1.165, 1.54) is 0 Å². The van der Waals surface area contributed by atoms with Crippen molar-refractivity contribution in [3.05, 3.63) is 72.9 Å². The van der Waals surface area contributed by atoms with Crippen molar-refractivity contribution < 1.29 is 4.42 Å². The molecule has 0 aliphatic heterocycles. The van der Waals surface area contributed by atoms with Crippen molar-refractivity contribution in [1.82, 2.24) is 14.8 Å². The third kappa shape index (κ3) is 3.01. The van der Waals surface area contributed by atoms with Gasteiger partial charge < -0.3 is 4.42 Å². The van der Waals surface area contributed by atoms with E-state index < -0.39 is 0 Å². The Balaban J connectivity index is 0.000000753. The van der Waals surface area contributed by atoms with Crippen molar-refractivity contribution in [2.45, 2.75) is 20.4 Å². The van der Waals surface area contributed by atoms with E-state index in [0.29, 0.717) is 12.4 Å². The van der Waals surface area contributed by atoms with Crippen LogP contribution in [0.2, 0.25) is 0 Å². The van der Waals surface area contributed by atoms with E-state index in [1.807, 2.05) is 48.9 Å². The lowest BCUT2D eigenvalue weighted by Gasteiger charge is -1.99. The molecule has 0 saturated carbocycles. The van der Waals surface area contributed by atoms with E-state index in [9.17, 15) is 0 Å². The van der Waals surface area contributed by atoms with Gasteiger partial charge in [0.2, 0.25) is 5.89 Å². The van der Waals surface area contributed by atoms with Crippen LogP contribution in [0.15, 0.2) is 71.5 Å². The SMILES string of the molecule is CC.c1ccc(-c2nn(Cc3ncco3)c3ccccc23)cc1. The van der Waals surface area contributed by atoms with Gasteiger partial charge in [-0.05, 0) is 6.07 Å². The maximum Gasteiger partial charge on any atom is 0.215 e. The monoisotopic (exact) mass is 305 g/mol. The van der Waals surface area contributed by atoms with Crippen LogP contribution in [0.25, 0.3) is 22.2 Å². The van der Waals surface area contributed by atoms with Crippen LogP contribution in [0.4, 0.5) is 0 Å². The molecule has 0 amide bonds. The quantitative estimate of drug-likeness (QED) is 0.548. The van der Waals surface area contributed by atoms with E-state index in [0.717, 1.165) is 22.2 Å². The summed E-state index contributed by atoms with van der Waals surface area (Å²) in [5, 5.41) is 5.89. The molecule has 4 aromatic rings. The third-order valence-electron chi connectivity index (χ3n) is 3.47. The molecule has 4 heteroatoms. The summed E-state index contributed by atoms with van der Waals surface area (Å²) >= 11 is 0. The molecule has 2 aromatic heterocycles. The molecule has 23 heavy (non-hydrogen) atoms. The Morgan fingerprint density at radius 2 is 1.70 bits per heavy atom. The summed E-state index contributed by atoms with van der Waals surface area (Å²) in [6.07, 6.45) is 3.23. The molecule has 116 valence electrons. The Labute approximate surface area is 135 Å². The molecule has 0 radical (unpaired) electrons. The van der Waals surface area contributed by atoms with E-state index in [4.69, 9.17) is 9.52 Å². The summed E-state index contributed by atoms with van der Waals surface area (Å²) in [4.78, 5) is 4.17.